The number of morpholine rings is 1. The molecule has 7 heteroatoms. The molecule has 0 spiro atoms. The predicted octanol–water partition coefficient (Wildman–Crippen LogP) is 3.59. The molecule has 168 valence electrons. The van der Waals surface area contributed by atoms with Gasteiger partial charge in [-0.25, -0.2) is 9.07 Å². The maximum absolute atomic E-state index is 13.4. The molecule has 3 fully saturated rings. The monoisotopic (exact) mass is 428 g/mol. The first-order valence-electron chi connectivity index (χ1n) is 11.7. The van der Waals surface area contributed by atoms with Crippen molar-refractivity contribution in [2.45, 2.75) is 50.2 Å². The fourth-order valence-corrected chi connectivity index (χ4v) is 5.15. The molecular weight excluding hydrogens is 395 g/mol. The number of piperidine rings is 1. The first kappa shape index (κ1) is 20.9. The zero-order valence-electron chi connectivity index (χ0n) is 18.4. The molecule has 1 aliphatic carbocycles. The normalized spacial score (nSPS) is 23.8. The van der Waals surface area contributed by atoms with Crippen molar-refractivity contribution in [3.8, 4) is 5.69 Å². The van der Waals surface area contributed by atoms with Crippen LogP contribution in [0.5, 0.6) is 0 Å². The summed E-state index contributed by atoms with van der Waals surface area (Å²) in [7, 11) is 1.74. The molecule has 2 aromatic rings. The van der Waals surface area contributed by atoms with Crippen LogP contribution in [-0.4, -0.2) is 73.3 Å². The second kappa shape index (κ2) is 9.27. The Labute approximate surface area is 183 Å². The average Bonchev–Trinajstić information content (AvgIpc) is 3.18. The molecule has 0 bridgehead atoms. The number of aromatic nitrogens is 2. The summed E-state index contributed by atoms with van der Waals surface area (Å²) in [6, 6.07) is 7.23. The number of nitrogens with zero attached hydrogens (tertiary/aromatic N) is 4. The van der Waals surface area contributed by atoms with E-state index in [1.807, 2.05) is 4.68 Å². The van der Waals surface area contributed by atoms with E-state index >= 15 is 0 Å². The molecule has 2 aliphatic heterocycles. The lowest BCUT2D eigenvalue weighted by Crippen LogP contribution is -2.52. The largest absolute Gasteiger partial charge is 0.382 e. The van der Waals surface area contributed by atoms with E-state index in [9.17, 15) is 4.39 Å². The van der Waals surface area contributed by atoms with Gasteiger partial charge in [-0.15, -0.1) is 0 Å². The SMILES string of the molecule is COCC1CN(C2CCN(c3cn(-c4ccc(F)cc4)nc3C3CCC3)CC2)CCO1. The van der Waals surface area contributed by atoms with E-state index in [0.717, 1.165) is 51.3 Å². The van der Waals surface area contributed by atoms with Crippen LogP contribution < -0.4 is 4.90 Å². The van der Waals surface area contributed by atoms with Gasteiger partial charge in [-0.05, 0) is 49.9 Å². The third-order valence-corrected chi connectivity index (χ3v) is 7.15. The summed E-state index contributed by atoms with van der Waals surface area (Å²) in [5, 5.41) is 4.96. The quantitative estimate of drug-likeness (QED) is 0.703. The summed E-state index contributed by atoms with van der Waals surface area (Å²) in [4.78, 5) is 5.11. The molecule has 1 atom stereocenters. The highest BCUT2D eigenvalue weighted by molar-refractivity contribution is 5.54. The Morgan fingerprint density at radius 1 is 1.10 bits per heavy atom. The minimum absolute atomic E-state index is 0.191. The number of methoxy groups -OCH3 is 1. The molecule has 1 saturated carbocycles. The van der Waals surface area contributed by atoms with Gasteiger partial charge < -0.3 is 14.4 Å². The van der Waals surface area contributed by atoms with Crippen molar-refractivity contribution >= 4 is 5.69 Å². The van der Waals surface area contributed by atoms with Crippen molar-refractivity contribution in [3.05, 3.63) is 42.0 Å². The van der Waals surface area contributed by atoms with E-state index in [-0.39, 0.29) is 11.9 Å². The second-order valence-corrected chi connectivity index (χ2v) is 9.11. The minimum atomic E-state index is -0.215. The van der Waals surface area contributed by atoms with Gasteiger partial charge in [0.1, 0.15) is 5.82 Å². The maximum atomic E-state index is 13.4. The highest BCUT2D eigenvalue weighted by atomic mass is 19.1. The van der Waals surface area contributed by atoms with Gasteiger partial charge in [0.25, 0.3) is 0 Å². The molecule has 1 aromatic carbocycles. The van der Waals surface area contributed by atoms with Crippen molar-refractivity contribution in [2.75, 3.05) is 51.4 Å². The number of hydrogen-bond donors (Lipinski definition) is 0. The molecule has 31 heavy (non-hydrogen) atoms. The van der Waals surface area contributed by atoms with Crippen molar-refractivity contribution in [1.29, 1.82) is 0 Å². The van der Waals surface area contributed by atoms with Crippen LogP contribution in [0.2, 0.25) is 0 Å². The third kappa shape index (κ3) is 4.49. The molecule has 3 heterocycles. The van der Waals surface area contributed by atoms with E-state index < -0.39 is 0 Å². The van der Waals surface area contributed by atoms with E-state index in [1.54, 1.807) is 19.2 Å². The Morgan fingerprint density at radius 2 is 1.87 bits per heavy atom. The number of benzene rings is 1. The topological polar surface area (TPSA) is 42.8 Å². The average molecular weight is 429 g/mol. The van der Waals surface area contributed by atoms with Gasteiger partial charge in [-0.3, -0.25) is 4.90 Å². The Morgan fingerprint density at radius 3 is 2.55 bits per heavy atom. The lowest BCUT2D eigenvalue weighted by Gasteiger charge is -2.42. The molecule has 6 nitrogen and oxygen atoms in total. The van der Waals surface area contributed by atoms with E-state index in [4.69, 9.17) is 14.6 Å². The predicted molar refractivity (Wildman–Crippen MR) is 119 cm³/mol. The van der Waals surface area contributed by atoms with Crippen LogP contribution in [0.1, 0.15) is 43.7 Å². The third-order valence-electron chi connectivity index (χ3n) is 7.15. The standard InChI is InChI=1S/C24H33FN4O2/c1-30-17-22-15-28(13-14-31-22)20-9-11-27(12-10-20)23-16-29(21-7-5-19(25)6-8-21)26-24(23)18-3-2-4-18/h5-8,16,18,20,22H,2-4,9-15,17H2,1H3. The van der Waals surface area contributed by atoms with Crippen LogP contribution in [0.4, 0.5) is 10.1 Å². The Kier molecular flexibility index (Phi) is 6.25. The number of halogens is 1. The van der Waals surface area contributed by atoms with Crippen molar-refractivity contribution in [1.82, 2.24) is 14.7 Å². The first-order valence-corrected chi connectivity index (χ1v) is 11.7. The van der Waals surface area contributed by atoms with Crippen LogP contribution in [0.25, 0.3) is 5.69 Å². The summed E-state index contributed by atoms with van der Waals surface area (Å²) < 4.78 is 26.4. The molecule has 1 aromatic heterocycles. The Balaban J connectivity index is 1.29. The molecule has 0 N–H and O–H groups in total. The molecule has 3 aliphatic rings. The summed E-state index contributed by atoms with van der Waals surface area (Å²) >= 11 is 0. The van der Waals surface area contributed by atoms with Crippen LogP contribution in [0.3, 0.4) is 0 Å². The van der Waals surface area contributed by atoms with Gasteiger partial charge in [0, 0.05) is 45.2 Å². The van der Waals surface area contributed by atoms with Crippen molar-refractivity contribution in [2.24, 2.45) is 0 Å². The van der Waals surface area contributed by atoms with E-state index in [2.05, 4.69) is 16.0 Å². The van der Waals surface area contributed by atoms with E-state index in [1.165, 1.54) is 42.8 Å². The molecule has 2 saturated heterocycles. The zero-order chi connectivity index (χ0) is 21.2. The lowest BCUT2D eigenvalue weighted by atomic mass is 9.82. The summed E-state index contributed by atoms with van der Waals surface area (Å²) in [5.41, 5.74) is 3.41. The molecule has 0 amide bonds. The lowest BCUT2D eigenvalue weighted by molar-refractivity contribution is -0.0740. The van der Waals surface area contributed by atoms with Gasteiger partial charge in [-0.1, -0.05) is 6.42 Å². The highest BCUT2D eigenvalue weighted by Gasteiger charge is 2.32. The molecule has 0 radical (unpaired) electrons. The summed E-state index contributed by atoms with van der Waals surface area (Å²) in [5.74, 6) is 0.344. The fourth-order valence-electron chi connectivity index (χ4n) is 5.15. The Hall–Kier alpha value is -1.96. The number of hydrogen-bond acceptors (Lipinski definition) is 5. The van der Waals surface area contributed by atoms with Gasteiger partial charge in [0.15, 0.2) is 0 Å². The van der Waals surface area contributed by atoms with Gasteiger partial charge >= 0.3 is 0 Å². The van der Waals surface area contributed by atoms with Crippen LogP contribution in [-0.2, 0) is 9.47 Å². The van der Waals surface area contributed by atoms with Crippen LogP contribution >= 0.6 is 0 Å². The number of ether oxygens (including phenoxy) is 2. The maximum Gasteiger partial charge on any atom is 0.123 e. The Bertz CT molecular complexity index is 857. The van der Waals surface area contributed by atoms with Crippen molar-refractivity contribution in [3.63, 3.8) is 0 Å². The summed E-state index contributed by atoms with van der Waals surface area (Å²) in [6.45, 7) is 5.54. The first-order chi connectivity index (χ1) is 15.2. The van der Waals surface area contributed by atoms with Gasteiger partial charge in [-0.2, -0.15) is 5.10 Å². The fraction of sp³-hybridized carbons (Fsp3) is 0.625. The minimum Gasteiger partial charge on any atom is -0.382 e. The van der Waals surface area contributed by atoms with Gasteiger partial charge in [0.05, 0.1) is 42.6 Å². The molecular formula is C24H33FN4O2. The van der Waals surface area contributed by atoms with Crippen LogP contribution in [0, 0.1) is 5.82 Å². The number of anilines is 1. The highest BCUT2D eigenvalue weighted by Crippen LogP contribution is 2.41. The zero-order valence-corrected chi connectivity index (χ0v) is 18.4. The summed E-state index contributed by atoms with van der Waals surface area (Å²) in [6.07, 6.45) is 8.39. The molecule has 1 unspecified atom stereocenters. The van der Waals surface area contributed by atoms with Crippen LogP contribution in [0.15, 0.2) is 30.5 Å². The smallest absolute Gasteiger partial charge is 0.123 e. The van der Waals surface area contributed by atoms with E-state index in [0.29, 0.717) is 18.6 Å². The molecule has 5 rings (SSSR count). The second-order valence-electron chi connectivity index (χ2n) is 9.11. The van der Waals surface area contributed by atoms with Gasteiger partial charge in [0.2, 0.25) is 0 Å². The van der Waals surface area contributed by atoms with Crippen molar-refractivity contribution < 1.29 is 13.9 Å². The number of rotatable bonds is 6.